The van der Waals surface area contributed by atoms with Crippen LogP contribution in [0.2, 0.25) is 0 Å². The molecule has 1 atom stereocenters. The average molecular weight is 459 g/mol. The first-order valence-electron chi connectivity index (χ1n) is 11.6. The van der Waals surface area contributed by atoms with Crippen LogP contribution in [0.15, 0.2) is 35.9 Å². The third-order valence-corrected chi connectivity index (χ3v) is 5.82. The molecule has 1 unspecified atom stereocenters. The van der Waals surface area contributed by atoms with Gasteiger partial charge in [0, 0.05) is 6.42 Å². The summed E-state index contributed by atoms with van der Waals surface area (Å²) in [5.74, 6) is -1.19. The number of rotatable bonds is 7. The van der Waals surface area contributed by atoms with E-state index < -0.39 is 17.7 Å². The molecule has 2 rings (SSSR count). The Balaban J connectivity index is 2.27. The number of carbonyl (C=O) groups is 2. The lowest BCUT2D eigenvalue weighted by molar-refractivity contribution is -0.156. The fourth-order valence-corrected chi connectivity index (χ4v) is 4.87. The number of carbonyl (C=O) groups excluding carboxylic acids is 2. The highest BCUT2D eigenvalue weighted by atomic mass is 19.1. The minimum atomic E-state index is -1.01. The van der Waals surface area contributed by atoms with Crippen LogP contribution in [0.5, 0.6) is 0 Å². The molecular formula is C28H39FO4. The molecule has 1 aliphatic carbocycles. The lowest BCUT2D eigenvalue weighted by atomic mass is 9.61. The van der Waals surface area contributed by atoms with E-state index in [0.29, 0.717) is 5.56 Å². The molecule has 0 aromatic heterocycles. The minimum Gasteiger partial charge on any atom is -0.460 e. The maximum atomic E-state index is 13.9. The zero-order valence-corrected chi connectivity index (χ0v) is 21.3. The SMILES string of the molecule is Cc1cc(C2=C(C=CC(O)CC(=O)CC(=O)OC(C)(C)C)C(C)(C)CC(C)(C)C2)ccc1F. The summed E-state index contributed by atoms with van der Waals surface area (Å²) in [6.07, 6.45) is 3.79. The second kappa shape index (κ2) is 9.92. The fourth-order valence-electron chi connectivity index (χ4n) is 4.87. The van der Waals surface area contributed by atoms with Gasteiger partial charge < -0.3 is 9.84 Å². The lowest BCUT2D eigenvalue weighted by Crippen LogP contribution is -2.30. The Kier molecular flexibility index (Phi) is 8.11. The van der Waals surface area contributed by atoms with Crippen molar-refractivity contribution in [2.24, 2.45) is 10.8 Å². The van der Waals surface area contributed by atoms with Crippen LogP contribution in [-0.4, -0.2) is 28.6 Å². The average Bonchev–Trinajstić information content (AvgIpc) is 2.59. The van der Waals surface area contributed by atoms with Gasteiger partial charge in [0.2, 0.25) is 0 Å². The van der Waals surface area contributed by atoms with Gasteiger partial charge in [0.25, 0.3) is 0 Å². The van der Waals surface area contributed by atoms with Crippen molar-refractivity contribution in [2.75, 3.05) is 0 Å². The maximum Gasteiger partial charge on any atom is 0.313 e. The molecule has 33 heavy (non-hydrogen) atoms. The number of ketones is 1. The molecule has 0 radical (unpaired) electrons. The fraction of sp³-hybridized carbons (Fsp3) is 0.571. The van der Waals surface area contributed by atoms with Crippen LogP contribution in [-0.2, 0) is 14.3 Å². The predicted molar refractivity (Wildman–Crippen MR) is 130 cm³/mol. The van der Waals surface area contributed by atoms with Crippen molar-refractivity contribution in [3.8, 4) is 0 Å². The van der Waals surface area contributed by atoms with Gasteiger partial charge in [-0.25, -0.2) is 4.39 Å². The Morgan fingerprint density at radius 2 is 1.85 bits per heavy atom. The van der Waals surface area contributed by atoms with E-state index in [1.54, 1.807) is 33.8 Å². The molecule has 1 aromatic rings. The molecule has 0 fully saturated rings. The Hall–Kier alpha value is -2.27. The van der Waals surface area contributed by atoms with Crippen molar-refractivity contribution in [3.63, 3.8) is 0 Å². The molecule has 0 spiro atoms. The molecule has 0 bridgehead atoms. The minimum absolute atomic E-state index is 0.0699. The van der Waals surface area contributed by atoms with Gasteiger partial charge in [-0.05, 0) is 85.8 Å². The van der Waals surface area contributed by atoms with E-state index in [9.17, 15) is 19.1 Å². The van der Waals surface area contributed by atoms with E-state index in [-0.39, 0.29) is 35.3 Å². The summed E-state index contributed by atoms with van der Waals surface area (Å²) in [4.78, 5) is 24.1. The highest BCUT2D eigenvalue weighted by Gasteiger charge is 2.38. The molecule has 1 aliphatic rings. The van der Waals surface area contributed by atoms with Crippen molar-refractivity contribution in [3.05, 3.63) is 52.9 Å². The summed E-state index contributed by atoms with van der Waals surface area (Å²) >= 11 is 0. The smallest absolute Gasteiger partial charge is 0.313 e. The van der Waals surface area contributed by atoms with E-state index in [4.69, 9.17) is 4.74 Å². The molecule has 0 heterocycles. The summed E-state index contributed by atoms with van der Waals surface area (Å²) in [6, 6.07) is 5.18. The number of aliphatic hydroxyl groups is 1. The number of allylic oxidation sites excluding steroid dienone is 3. The molecule has 1 aromatic carbocycles. The molecule has 4 nitrogen and oxygen atoms in total. The molecule has 5 heteroatoms. The van der Waals surface area contributed by atoms with Gasteiger partial charge in [-0.3, -0.25) is 9.59 Å². The van der Waals surface area contributed by atoms with E-state index in [2.05, 4.69) is 27.7 Å². The number of hydrogen-bond donors (Lipinski definition) is 1. The van der Waals surface area contributed by atoms with E-state index >= 15 is 0 Å². The van der Waals surface area contributed by atoms with Crippen molar-refractivity contribution in [2.45, 2.75) is 92.8 Å². The highest BCUT2D eigenvalue weighted by molar-refractivity contribution is 5.96. The van der Waals surface area contributed by atoms with Crippen molar-refractivity contribution < 1.29 is 23.8 Å². The zero-order valence-electron chi connectivity index (χ0n) is 21.3. The molecule has 0 saturated heterocycles. The summed E-state index contributed by atoms with van der Waals surface area (Å²) in [7, 11) is 0. The molecule has 1 N–H and O–H groups in total. The van der Waals surface area contributed by atoms with Crippen molar-refractivity contribution in [1.82, 2.24) is 0 Å². The number of esters is 1. The Labute approximate surface area is 197 Å². The van der Waals surface area contributed by atoms with Crippen LogP contribution < -0.4 is 0 Å². The Morgan fingerprint density at radius 1 is 1.21 bits per heavy atom. The number of Topliss-reactive ketones (excluding diaryl/α,β-unsaturated/α-hetero) is 1. The third kappa shape index (κ3) is 7.92. The first-order valence-corrected chi connectivity index (χ1v) is 11.6. The van der Waals surface area contributed by atoms with Gasteiger partial charge >= 0.3 is 5.97 Å². The summed E-state index contributed by atoms with van der Waals surface area (Å²) < 4.78 is 19.1. The normalized spacial score (nSPS) is 19.0. The second-order valence-corrected chi connectivity index (χ2v) is 11.7. The largest absolute Gasteiger partial charge is 0.460 e. The van der Waals surface area contributed by atoms with Gasteiger partial charge in [-0.2, -0.15) is 0 Å². The number of benzene rings is 1. The van der Waals surface area contributed by atoms with Crippen LogP contribution >= 0.6 is 0 Å². The molecule has 182 valence electrons. The number of aryl methyl sites for hydroxylation is 1. The number of aliphatic hydroxyl groups excluding tert-OH is 1. The first-order chi connectivity index (χ1) is 15.0. The van der Waals surface area contributed by atoms with Crippen molar-refractivity contribution >= 4 is 17.3 Å². The van der Waals surface area contributed by atoms with Crippen LogP contribution in [0.1, 0.15) is 85.3 Å². The zero-order chi connectivity index (χ0) is 25.2. The van der Waals surface area contributed by atoms with Gasteiger partial charge in [0.15, 0.2) is 0 Å². The standard InChI is InChI=1S/C28H39FO4/c1-18-13-19(9-12-24(18)29)22-16-27(5,6)17-28(7,8)23(22)11-10-20(30)14-21(31)15-25(32)33-26(2,3)4/h9-13,20,30H,14-17H2,1-8H3. The number of ether oxygens (including phenoxy) is 1. The van der Waals surface area contributed by atoms with Gasteiger partial charge in [-0.15, -0.1) is 0 Å². The second-order valence-electron chi connectivity index (χ2n) is 11.7. The summed E-state index contributed by atoms with van der Waals surface area (Å²) in [6.45, 7) is 15.8. The molecule has 0 saturated carbocycles. The third-order valence-electron chi connectivity index (χ3n) is 5.82. The lowest BCUT2D eigenvalue weighted by Gasteiger charge is -2.43. The molecule has 0 aliphatic heterocycles. The Morgan fingerprint density at radius 3 is 2.42 bits per heavy atom. The highest BCUT2D eigenvalue weighted by Crippen LogP contribution is 2.52. The van der Waals surface area contributed by atoms with Crippen LogP contribution in [0.25, 0.3) is 5.57 Å². The number of halogens is 1. The van der Waals surface area contributed by atoms with Crippen LogP contribution in [0, 0.1) is 23.6 Å². The predicted octanol–water partition coefficient (Wildman–Crippen LogP) is 6.34. The van der Waals surface area contributed by atoms with Gasteiger partial charge in [-0.1, -0.05) is 45.9 Å². The maximum absolute atomic E-state index is 13.9. The van der Waals surface area contributed by atoms with E-state index in [1.165, 1.54) is 6.07 Å². The van der Waals surface area contributed by atoms with E-state index in [0.717, 1.165) is 29.6 Å². The molecular weight excluding hydrogens is 419 g/mol. The Bertz CT molecular complexity index is 961. The first kappa shape index (κ1) is 27.0. The van der Waals surface area contributed by atoms with Gasteiger partial charge in [0.05, 0.1) is 6.10 Å². The quantitative estimate of drug-likeness (QED) is 0.382. The van der Waals surface area contributed by atoms with Crippen LogP contribution in [0.3, 0.4) is 0 Å². The number of hydrogen-bond acceptors (Lipinski definition) is 4. The van der Waals surface area contributed by atoms with Gasteiger partial charge in [0.1, 0.15) is 23.6 Å². The topological polar surface area (TPSA) is 63.6 Å². The summed E-state index contributed by atoms with van der Waals surface area (Å²) in [5, 5.41) is 10.5. The van der Waals surface area contributed by atoms with Crippen molar-refractivity contribution in [1.29, 1.82) is 0 Å². The molecule has 0 amide bonds. The monoisotopic (exact) mass is 458 g/mol. The van der Waals surface area contributed by atoms with Crippen LogP contribution in [0.4, 0.5) is 4.39 Å². The van der Waals surface area contributed by atoms with E-state index in [1.807, 2.05) is 18.2 Å². The summed E-state index contributed by atoms with van der Waals surface area (Å²) in [5.41, 5.74) is 3.02.